The number of alkyl halides is 1. The van der Waals surface area contributed by atoms with Crippen molar-refractivity contribution < 1.29 is 4.74 Å². The molecule has 0 bridgehead atoms. The standard InChI is InChI=1S/C20H20ClN7O/c1-13-3-2-4-14(11-13)15-5-6-28(26-15)20-24-18-17(22-16(12-21)23-18)19(25-20)27-7-9-29-10-8-27/h2-6,11H,7-10,12H2,1H3,(H,22,23,24,25). The van der Waals surface area contributed by atoms with Gasteiger partial charge in [-0.05, 0) is 19.1 Å². The van der Waals surface area contributed by atoms with Crippen LogP contribution in [-0.4, -0.2) is 56.0 Å². The van der Waals surface area contributed by atoms with Crippen LogP contribution in [0.3, 0.4) is 0 Å². The smallest absolute Gasteiger partial charge is 0.254 e. The van der Waals surface area contributed by atoms with E-state index in [-0.39, 0.29) is 5.88 Å². The van der Waals surface area contributed by atoms with E-state index < -0.39 is 0 Å². The second-order valence-corrected chi connectivity index (χ2v) is 7.24. The molecule has 1 aliphatic rings. The summed E-state index contributed by atoms with van der Waals surface area (Å²) in [5.41, 5.74) is 4.49. The van der Waals surface area contributed by atoms with Crippen LogP contribution in [0.2, 0.25) is 0 Å². The number of fused-ring (bicyclic) bond motifs is 1. The van der Waals surface area contributed by atoms with Crippen LogP contribution < -0.4 is 4.90 Å². The molecule has 1 saturated heterocycles. The molecule has 0 amide bonds. The normalized spacial score (nSPS) is 14.6. The van der Waals surface area contributed by atoms with Gasteiger partial charge in [-0.1, -0.05) is 23.8 Å². The number of benzene rings is 1. The Kier molecular flexibility index (Phi) is 4.65. The molecule has 148 valence electrons. The first-order valence-corrected chi connectivity index (χ1v) is 10.0. The molecule has 1 aromatic carbocycles. The second-order valence-electron chi connectivity index (χ2n) is 6.98. The van der Waals surface area contributed by atoms with Crippen molar-refractivity contribution in [1.82, 2.24) is 29.7 Å². The number of hydrogen-bond acceptors (Lipinski definition) is 6. The summed E-state index contributed by atoms with van der Waals surface area (Å²) in [5, 5.41) is 4.70. The zero-order valence-corrected chi connectivity index (χ0v) is 16.7. The topological polar surface area (TPSA) is 84.8 Å². The molecule has 0 radical (unpaired) electrons. The number of H-pyrrole nitrogens is 1. The number of rotatable bonds is 4. The van der Waals surface area contributed by atoms with Gasteiger partial charge in [-0.2, -0.15) is 15.1 Å². The predicted octanol–water partition coefficient (Wildman–Crippen LogP) is 3.09. The maximum atomic E-state index is 5.98. The number of aromatic amines is 1. The number of halogens is 1. The molecule has 4 heterocycles. The Morgan fingerprint density at radius 1 is 1.14 bits per heavy atom. The van der Waals surface area contributed by atoms with Gasteiger partial charge in [0.05, 0.1) is 24.8 Å². The summed E-state index contributed by atoms with van der Waals surface area (Å²) in [7, 11) is 0. The molecule has 5 rings (SSSR count). The van der Waals surface area contributed by atoms with Crippen molar-refractivity contribution in [2.45, 2.75) is 12.8 Å². The van der Waals surface area contributed by atoms with Crippen molar-refractivity contribution in [1.29, 1.82) is 0 Å². The van der Waals surface area contributed by atoms with Crippen LogP contribution in [0.25, 0.3) is 28.4 Å². The molecule has 9 heteroatoms. The number of hydrogen-bond donors (Lipinski definition) is 1. The molecule has 0 spiro atoms. The molecule has 1 N–H and O–H groups in total. The number of ether oxygens (including phenoxy) is 1. The predicted molar refractivity (Wildman–Crippen MR) is 112 cm³/mol. The molecule has 0 saturated carbocycles. The van der Waals surface area contributed by atoms with E-state index in [2.05, 4.69) is 38.9 Å². The lowest BCUT2D eigenvalue weighted by Crippen LogP contribution is -2.37. The number of imidazole rings is 1. The molecular formula is C20H20ClN7O. The van der Waals surface area contributed by atoms with Gasteiger partial charge in [-0.3, -0.25) is 0 Å². The molecule has 0 atom stereocenters. The van der Waals surface area contributed by atoms with E-state index >= 15 is 0 Å². The third kappa shape index (κ3) is 3.45. The summed E-state index contributed by atoms with van der Waals surface area (Å²) in [4.78, 5) is 19.4. The van der Waals surface area contributed by atoms with Crippen LogP contribution in [0, 0.1) is 6.92 Å². The molecule has 4 aromatic rings. The average molecular weight is 410 g/mol. The highest BCUT2D eigenvalue weighted by atomic mass is 35.5. The minimum atomic E-state index is 0.285. The lowest BCUT2D eigenvalue weighted by Gasteiger charge is -2.27. The van der Waals surface area contributed by atoms with Gasteiger partial charge in [0.15, 0.2) is 17.0 Å². The zero-order chi connectivity index (χ0) is 19.8. The van der Waals surface area contributed by atoms with Crippen LogP contribution in [0.4, 0.5) is 5.82 Å². The highest BCUT2D eigenvalue weighted by molar-refractivity contribution is 6.16. The Balaban J connectivity index is 1.60. The number of nitrogens with one attached hydrogen (secondary N) is 1. The Bertz CT molecular complexity index is 1160. The number of aromatic nitrogens is 6. The van der Waals surface area contributed by atoms with Gasteiger partial charge >= 0.3 is 0 Å². The number of morpholine rings is 1. The fourth-order valence-electron chi connectivity index (χ4n) is 3.48. The van der Waals surface area contributed by atoms with Gasteiger partial charge < -0.3 is 14.6 Å². The maximum absolute atomic E-state index is 5.98. The summed E-state index contributed by atoms with van der Waals surface area (Å²) in [6.45, 7) is 4.89. The summed E-state index contributed by atoms with van der Waals surface area (Å²) in [6.07, 6.45) is 1.88. The highest BCUT2D eigenvalue weighted by Gasteiger charge is 2.21. The minimum absolute atomic E-state index is 0.285. The van der Waals surface area contributed by atoms with Crippen molar-refractivity contribution in [3.63, 3.8) is 0 Å². The van der Waals surface area contributed by atoms with Crippen LogP contribution >= 0.6 is 11.6 Å². The first-order valence-electron chi connectivity index (χ1n) is 9.49. The molecule has 8 nitrogen and oxygen atoms in total. The highest BCUT2D eigenvalue weighted by Crippen LogP contribution is 2.25. The van der Waals surface area contributed by atoms with E-state index in [0.717, 1.165) is 35.7 Å². The first kappa shape index (κ1) is 18.1. The fraction of sp³-hybridized carbons (Fsp3) is 0.300. The average Bonchev–Trinajstić information content (AvgIpc) is 3.41. The van der Waals surface area contributed by atoms with E-state index in [4.69, 9.17) is 26.4 Å². The van der Waals surface area contributed by atoms with E-state index in [1.54, 1.807) is 4.68 Å². The van der Waals surface area contributed by atoms with Gasteiger partial charge in [0.25, 0.3) is 5.95 Å². The summed E-state index contributed by atoms with van der Waals surface area (Å²) in [5.74, 6) is 2.22. The molecule has 0 unspecified atom stereocenters. The van der Waals surface area contributed by atoms with Crippen molar-refractivity contribution in [3.05, 3.63) is 47.9 Å². The molecular weight excluding hydrogens is 390 g/mol. The molecule has 0 aliphatic carbocycles. The van der Waals surface area contributed by atoms with Crippen molar-refractivity contribution in [2.24, 2.45) is 0 Å². The first-order chi connectivity index (χ1) is 14.2. The largest absolute Gasteiger partial charge is 0.378 e. The number of nitrogens with zero attached hydrogens (tertiary/aromatic N) is 6. The third-order valence-electron chi connectivity index (χ3n) is 4.91. The molecule has 3 aromatic heterocycles. The van der Waals surface area contributed by atoms with Crippen LogP contribution in [0.15, 0.2) is 36.5 Å². The summed E-state index contributed by atoms with van der Waals surface area (Å²) < 4.78 is 7.18. The number of aryl methyl sites for hydroxylation is 1. The van der Waals surface area contributed by atoms with Crippen LogP contribution in [-0.2, 0) is 10.6 Å². The van der Waals surface area contributed by atoms with Gasteiger partial charge in [-0.15, -0.1) is 11.6 Å². The van der Waals surface area contributed by atoms with E-state index in [9.17, 15) is 0 Å². The van der Waals surface area contributed by atoms with Crippen molar-refractivity contribution in [3.8, 4) is 17.2 Å². The van der Waals surface area contributed by atoms with Gasteiger partial charge in [0.1, 0.15) is 5.82 Å². The maximum Gasteiger partial charge on any atom is 0.254 e. The molecule has 1 fully saturated rings. The van der Waals surface area contributed by atoms with E-state index in [0.29, 0.717) is 30.6 Å². The monoisotopic (exact) mass is 409 g/mol. The fourth-order valence-corrected chi connectivity index (χ4v) is 3.60. The van der Waals surface area contributed by atoms with Gasteiger partial charge in [-0.25, -0.2) is 9.67 Å². The van der Waals surface area contributed by atoms with Crippen molar-refractivity contribution >= 4 is 28.6 Å². The van der Waals surface area contributed by atoms with Crippen LogP contribution in [0.1, 0.15) is 11.4 Å². The van der Waals surface area contributed by atoms with Gasteiger partial charge in [0.2, 0.25) is 0 Å². The molecule has 1 aliphatic heterocycles. The third-order valence-corrected chi connectivity index (χ3v) is 5.16. The summed E-state index contributed by atoms with van der Waals surface area (Å²) in [6, 6.07) is 10.2. The van der Waals surface area contributed by atoms with Crippen LogP contribution in [0.5, 0.6) is 0 Å². The molecule has 29 heavy (non-hydrogen) atoms. The lowest BCUT2D eigenvalue weighted by atomic mass is 10.1. The second kappa shape index (κ2) is 7.46. The number of anilines is 1. The Hall–Kier alpha value is -2.97. The minimum Gasteiger partial charge on any atom is -0.378 e. The SMILES string of the molecule is Cc1cccc(-c2ccn(-c3nc(N4CCOCC4)c4nc(CCl)[nH]c4n3)n2)c1. The quantitative estimate of drug-likeness (QED) is 0.521. The zero-order valence-electron chi connectivity index (χ0n) is 16.0. The van der Waals surface area contributed by atoms with Gasteiger partial charge in [0, 0.05) is 24.8 Å². The summed E-state index contributed by atoms with van der Waals surface area (Å²) >= 11 is 5.98. The lowest BCUT2D eigenvalue weighted by molar-refractivity contribution is 0.122. The van der Waals surface area contributed by atoms with Crippen molar-refractivity contribution in [2.75, 3.05) is 31.2 Å². The van der Waals surface area contributed by atoms with E-state index in [1.165, 1.54) is 5.56 Å². The Morgan fingerprint density at radius 3 is 2.79 bits per heavy atom. The Morgan fingerprint density at radius 2 is 2.00 bits per heavy atom. The Labute approximate surface area is 172 Å². The van der Waals surface area contributed by atoms with E-state index in [1.807, 2.05) is 24.4 Å².